The van der Waals surface area contributed by atoms with Crippen LogP contribution in [0.5, 0.6) is 0 Å². The van der Waals surface area contributed by atoms with Gasteiger partial charge < -0.3 is 9.84 Å². The number of fused-ring (bicyclic) bond motifs is 2. The number of aliphatic hydroxyl groups is 1. The average molecular weight is 472 g/mol. The number of pyridine rings is 1. The fourth-order valence-corrected chi connectivity index (χ4v) is 6.32. The number of ether oxygens (including phenoxy) is 1. The molecule has 0 radical (unpaired) electrons. The van der Waals surface area contributed by atoms with E-state index < -0.39 is 11.7 Å². The molecule has 180 valence electrons. The lowest BCUT2D eigenvalue weighted by atomic mass is 9.57. The van der Waals surface area contributed by atoms with E-state index in [0.29, 0.717) is 28.7 Å². The number of halogens is 3. The van der Waals surface area contributed by atoms with Crippen molar-refractivity contribution in [3.05, 3.63) is 59.9 Å². The highest BCUT2D eigenvalue weighted by atomic mass is 19.4. The molecule has 2 aliphatic carbocycles. The van der Waals surface area contributed by atoms with Gasteiger partial charge in [-0.2, -0.15) is 13.2 Å². The summed E-state index contributed by atoms with van der Waals surface area (Å²) in [6, 6.07) is 8.77. The van der Waals surface area contributed by atoms with Gasteiger partial charge in [-0.25, -0.2) is 0 Å². The van der Waals surface area contributed by atoms with E-state index >= 15 is 0 Å². The molecule has 34 heavy (non-hydrogen) atoms. The second kappa shape index (κ2) is 8.84. The molecule has 0 unspecified atom stereocenters. The van der Waals surface area contributed by atoms with Crippen LogP contribution in [0.25, 0.3) is 17.2 Å². The molecule has 0 amide bonds. The van der Waals surface area contributed by atoms with Crippen LogP contribution in [0.3, 0.4) is 0 Å². The molecule has 1 aromatic carbocycles. The Morgan fingerprint density at radius 3 is 2.68 bits per heavy atom. The van der Waals surface area contributed by atoms with Crippen molar-refractivity contribution in [2.24, 2.45) is 29.6 Å². The van der Waals surface area contributed by atoms with Crippen LogP contribution in [0.15, 0.2) is 48.7 Å². The molecule has 2 saturated carbocycles. The summed E-state index contributed by atoms with van der Waals surface area (Å²) in [6.45, 7) is 1.95. The number of alkyl halides is 3. The fourth-order valence-electron chi connectivity index (χ4n) is 6.32. The highest BCUT2D eigenvalue weighted by molar-refractivity contribution is 5.75. The van der Waals surface area contributed by atoms with Crippen LogP contribution in [0.1, 0.15) is 43.9 Å². The zero-order valence-electron chi connectivity index (χ0n) is 18.9. The first-order chi connectivity index (χ1) is 16.2. The standard InChI is InChI=1S/C27H28F3NO3/c1-15-25-22(23-13-21(32)9-6-17(23)12-24(25)26(33)34-15)10-8-20-7-5-18(14-31-20)16-3-2-4-19(11-16)27(28,29)30/h2-5,7-8,10-11,14-15,17,21-25,32H,6,9,12-13H2,1H3/b10-8+/t15-,17+,21+,22+,23-,24-,25+/m1/s1. The van der Waals surface area contributed by atoms with Crippen molar-refractivity contribution in [1.82, 2.24) is 4.98 Å². The lowest BCUT2D eigenvalue weighted by Gasteiger charge is -2.46. The van der Waals surface area contributed by atoms with E-state index in [4.69, 9.17) is 4.74 Å². The van der Waals surface area contributed by atoms with Crippen molar-refractivity contribution in [3.63, 3.8) is 0 Å². The average Bonchev–Trinajstić information content (AvgIpc) is 3.10. The van der Waals surface area contributed by atoms with Gasteiger partial charge >= 0.3 is 12.1 Å². The van der Waals surface area contributed by atoms with Crippen molar-refractivity contribution in [1.29, 1.82) is 0 Å². The van der Waals surface area contributed by atoms with E-state index in [1.807, 2.05) is 13.0 Å². The van der Waals surface area contributed by atoms with Crippen LogP contribution in [-0.4, -0.2) is 28.3 Å². The van der Waals surface area contributed by atoms with Gasteiger partial charge in [-0.05, 0) is 80.2 Å². The van der Waals surface area contributed by atoms with Gasteiger partial charge in [0.2, 0.25) is 0 Å². The molecule has 5 rings (SSSR count). The number of esters is 1. The first kappa shape index (κ1) is 23.1. The fraction of sp³-hybridized carbons (Fsp3) is 0.481. The van der Waals surface area contributed by atoms with Gasteiger partial charge in [0.05, 0.1) is 23.3 Å². The van der Waals surface area contributed by atoms with E-state index in [1.54, 1.807) is 24.4 Å². The molecule has 1 aliphatic heterocycles. The van der Waals surface area contributed by atoms with Gasteiger partial charge in [0.15, 0.2) is 0 Å². The molecule has 4 nitrogen and oxygen atoms in total. The van der Waals surface area contributed by atoms with Gasteiger partial charge in [0.1, 0.15) is 6.10 Å². The summed E-state index contributed by atoms with van der Waals surface area (Å²) in [5, 5.41) is 10.3. The number of cyclic esters (lactones) is 1. The van der Waals surface area contributed by atoms with Crippen LogP contribution in [0, 0.1) is 29.6 Å². The number of benzene rings is 1. The van der Waals surface area contributed by atoms with Crippen LogP contribution in [0.2, 0.25) is 0 Å². The first-order valence-electron chi connectivity index (χ1n) is 11.9. The van der Waals surface area contributed by atoms with Gasteiger partial charge in [0.25, 0.3) is 0 Å². The summed E-state index contributed by atoms with van der Waals surface area (Å²) in [5.74, 6) is 0.669. The monoisotopic (exact) mass is 471 g/mol. The number of aliphatic hydroxyl groups excluding tert-OH is 1. The Bertz CT molecular complexity index is 1080. The van der Waals surface area contributed by atoms with Crippen molar-refractivity contribution in [3.8, 4) is 11.1 Å². The minimum absolute atomic E-state index is 0.0830. The molecule has 7 heteroatoms. The summed E-state index contributed by atoms with van der Waals surface area (Å²) in [4.78, 5) is 16.9. The Kier molecular flexibility index (Phi) is 6.00. The smallest absolute Gasteiger partial charge is 0.416 e. The Morgan fingerprint density at radius 2 is 1.94 bits per heavy atom. The van der Waals surface area contributed by atoms with Crippen LogP contribution in [0.4, 0.5) is 13.2 Å². The molecule has 2 aromatic rings. The minimum Gasteiger partial charge on any atom is -0.462 e. The topological polar surface area (TPSA) is 59.4 Å². The van der Waals surface area contributed by atoms with E-state index in [9.17, 15) is 23.1 Å². The zero-order valence-corrected chi connectivity index (χ0v) is 18.9. The summed E-state index contributed by atoms with van der Waals surface area (Å²) in [5.41, 5.74) is 1.08. The van der Waals surface area contributed by atoms with Crippen LogP contribution in [-0.2, 0) is 15.7 Å². The van der Waals surface area contributed by atoms with Gasteiger partial charge in [0, 0.05) is 17.7 Å². The van der Waals surface area contributed by atoms with Gasteiger partial charge in [-0.1, -0.05) is 24.3 Å². The lowest BCUT2D eigenvalue weighted by molar-refractivity contribution is -0.144. The summed E-state index contributed by atoms with van der Waals surface area (Å²) in [7, 11) is 0. The normalized spacial score (nSPS) is 33.4. The highest BCUT2D eigenvalue weighted by Gasteiger charge is 2.54. The second-order valence-electron chi connectivity index (χ2n) is 9.94. The lowest BCUT2D eigenvalue weighted by Crippen LogP contribution is -2.45. The zero-order chi connectivity index (χ0) is 24.0. The quantitative estimate of drug-likeness (QED) is 0.579. The largest absolute Gasteiger partial charge is 0.462 e. The molecular formula is C27H28F3NO3. The van der Waals surface area contributed by atoms with Crippen molar-refractivity contribution in [2.75, 3.05) is 0 Å². The number of aromatic nitrogens is 1. The Balaban J connectivity index is 1.38. The Hall–Kier alpha value is -2.67. The van der Waals surface area contributed by atoms with Gasteiger partial charge in [-0.15, -0.1) is 0 Å². The number of carbonyl (C=O) groups excluding carboxylic acids is 1. The number of nitrogens with zero attached hydrogens (tertiary/aromatic N) is 1. The Morgan fingerprint density at radius 1 is 1.12 bits per heavy atom. The molecule has 3 aliphatic rings. The molecule has 1 saturated heterocycles. The third-order valence-corrected chi connectivity index (χ3v) is 7.93. The maximum absolute atomic E-state index is 13.0. The van der Waals surface area contributed by atoms with E-state index in [0.717, 1.165) is 37.8 Å². The molecule has 7 atom stereocenters. The molecular weight excluding hydrogens is 443 g/mol. The maximum Gasteiger partial charge on any atom is 0.416 e. The third-order valence-electron chi connectivity index (χ3n) is 7.93. The summed E-state index contributed by atoms with van der Waals surface area (Å²) >= 11 is 0. The SMILES string of the molecule is C[C@H]1OC(=O)[C@@H]2C[C@@H]3CC[C@H](O)C[C@H]3[C@H](/C=C/c3ccc(-c4cccc(C(F)(F)F)c4)cn3)[C@H]12. The molecule has 0 spiro atoms. The Labute approximate surface area is 196 Å². The predicted molar refractivity (Wildman–Crippen MR) is 121 cm³/mol. The number of rotatable bonds is 3. The second-order valence-corrected chi connectivity index (χ2v) is 9.94. The number of hydrogen-bond donors (Lipinski definition) is 1. The molecule has 2 heterocycles. The van der Waals surface area contributed by atoms with Crippen LogP contribution < -0.4 is 0 Å². The van der Waals surface area contributed by atoms with Crippen molar-refractivity contribution < 1.29 is 27.8 Å². The van der Waals surface area contributed by atoms with Crippen molar-refractivity contribution in [2.45, 2.75) is 51.0 Å². The number of carbonyl (C=O) groups is 1. The number of allylic oxidation sites excluding steroid dienone is 1. The third kappa shape index (κ3) is 4.38. The summed E-state index contributed by atoms with van der Waals surface area (Å²) in [6.07, 6.45) is 4.01. The molecule has 1 aromatic heterocycles. The van der Waals surface area contributed by atoms with E-state index in [-0.39, 0.29) is 35.9 Å². The number of hydrogen-bond acceptors (Lipinski definition) is 4. The van der Waals surface area contributed by atoms with E-state index in [2.05, 4.69) is 11.1 Å². The molecule has 3 fully saturated rings. The van der Waals surface area contributed by atoms with E-state index in [1.165, 1.54) is 6.07 Å². The molecule has 0 bridgehead atoms. The summed E-state index contributed by atoms with van der Waals surface area (Å²) < 4.78 is 44.7. The first-order valence-corrected chi connectivity index (χ1v) is 11.9. The highest BCUT2D eigenvalue weighted by Crippen LogP contribution is 2.53. The minimum atomic E-state index is -4.39. The maximum atomic E-state index is 13.0. The van der Waals surface area contributed by atoms with Crippen LogP contribution >= 0.6 is 0 Å². The predicted octanol–water partition coefficient (Wildman–Crippen LogP) is 5.76. The van der Waals surface area contributed by atoms with Gasteiger partial charge in [-0.3, -0.25) is 9.78 Å². The van der Waals surface area contributed by atoms with Crippen molar-refractivity contribution >= 4 is 12.0 Å². The molecule has 1 N–H and O–H groups in total.